The molecule has 0 radical (unpaired) electrons. The molecule has 0 saturated carbocycles. The molecule has 0 bridgehead atoms. The Morgan fingerprint density at radius 2 is 1.95 bits per heavy atom. The van der Waals surface area contributed by atoms with Crippen LogP contribution in [0.5, 0.6) is 0 Å². The van der Waals surface area contributed by atoms with Crippen molar-refractivity contribution in [2.24, 2.45) is 0 Å². The number of piperidine rings is 1. The second-order valence-electron chi connectivity index (χ2n) is 6.18. The van der Waals surface area contributed by atoms with Gasteiger partial charge in [0.05, 0.1) is 12.1 Å². The fourth-order valence-corrected chi connectivity index (χ4v) is 2.85. The Balaban J connectivity index is 2.32. The molecule has 118 valence electrons. The zero-order valence-electron chi connectivity index (χ0n) is 13.2. The summed E-state index contributed by atoms with van der Waals surface area (Å²) in [6.45, 7) is 9.38. The first-order chi connectivity index (χ1) is 9.53. The molecule has 0 aliphatic carbocycles. The van der Waals surface area contributed by atoms with Crippen LogP contribution in [0.1, 0.15) is 52.9 Å². The monoisotopic (exact) mass is 285 g/mol. The molecule has 2 amide bonds. The van der Waals surface area contributed by atoms with E-state index < -0.39 is 5.54 Å². The standard InChI is InChI=1S/C15H31N3O2/c1-4-8-15(3,12-19)17-14(20)16-13-6-10-18(9-5-2)11-7-13/h13,19H,4-12H2,1-3H3,(H2,16,17,20). The van der Waals surface area contributed by atoms with E-state index in [1.807, 2.05) is 6.92 Å². The van der Waals surface area contributed by atoms with Crippen LogP contribution in [0.4, 0.5) is 4.79 Å². The van der Waals surface area contributed by atoms with Gasteiger partial charge in [0.25, 0.3) is 0 Å². The quantitative estimate of drug-likeness (QED) is 0.667. The zero-order chi connectivity index (χ0) is 15.0. The molecule has 1 heterocycles. The van der Waals surface area contributed by atoms with Gasteiger partial charge in [-0.25, -0.2) is 4.79 Å². The minimum Gasteiger partial charge on any atom is -0.394 e. The molecule has 20 heavy (non-hydrogen) atoms. The summed E-state index contributed by atoms with van der Waals surface area (Å²) in [5.41, 5.74) is -0.512. The fraction of sp³-hybridized carbons (Fsp3) is 0.933. The highest BCUT2D eigenvalue weighted by Gasteiger charge is 2.26. The maximum Gasteiger partial charge on any atom is 0.315 e. The molecule has 1 fully saturated rings. The molecule has 5 nitrogen and oxygen atoms in total. The van der Waals surface area contributed by atoms with Gasteiger partial charge in [0.15, 0.2) is 0 Å². The van der Waals surface area contributed by atoms with Crippen LogP contribution in [0.3, 0.4) is 0 Å². The third-order valence-electron chi connectivity index (χ3n) is 4.03. The number of amides is 2. The lowest BCUT2D eigenvalue weighted by Crippen LogP contribution is -2.55. The lowest BCUT2D eigenvalue weighted by molar-refractivity contribution is 0.156. The number of aliphatic hydroxyl groups excluding tert-OH is 1. The van der Waals surface area contributed by atoms with Gasteiger partial charge in [-0.2, -0.15) is 0 Å². The molecular weight excluding hydrogens is 254 g/mol. The Labute approximate surface area is 123 Å². The number of carbonyl (C=O) groups is 1. The maximum atomic E-state index is 12.0. The van der Waals surface area contributed by atoms with Gasteiger partial charge < -0.3 is 20.6 Å². The number of hydrogen-bond donors (Lipinski definition) is 3. The first-order valence-corrected chi connectivity index (χ1v) is 7.95. The number of nitrogens with zero attached hydrogens (tertiary/aromatic N) is 1. The molecule has 5 heteroatoms. The summed E-state index contributed by atoms with van der Waals surface area (Å²) >= 11 is 0. The van der Waals surface area contributed by atoms with Crippen LogP contribution in [0, 0.1) is 0 Å². The van der Waals surface area contributed by atoms with Crippen molar-refractivity contribution in [1.29, 1.82) is 0 Å². The van der Waals surface area contributed by atoms with Crippen LogP contribution in [0.2, 0.25) is 0 Å². The van der Waals surface area contributed by atoms with Crippen molar-refractivity contribution < 1.29 is 9.90 Å². The normalized spacial score (nSPS) is 20.4. The Hall–Kier alpha value is -0.810. The molecule has 0 aromatic heterocycles. The average molecular weight is 285 g/mol. The molecule has 1 atom stereocenters. The van der Waals surface area contributed by atoms with E-state index in [1.54, 1.807) is 0 Å². The number of hydrogen-bond acceptors (Lipinski definition) is 3. The van der Waals surface area contributed by atoms with Crippen molar-refractivity contribution in [3.05, 3.63) is 0 Å². The van der Waals surface area contributed by atoms with Crippen molar-refractivity contribution >= 4 is 6.03 Å². The second-order valence-corrected chi connectivity index (χ2v) is 6.18. The number of urea groups is 1. The Morgan fingerprint density at radius 1 is 1.30 bits per heavy atom. The zero-order valence-corrected chi connectivity index (χ0v) is 13.2. The van der Waals surface area contributed by atoms with E-state index in [4.69, 9.17) is 0 Å². The van der Waals surface area contributed by atoms with Crippen LogP contribution in [-0.2, 0) is 0 Å². The Bertz CT molecular complexity index is 291. The van der Waals surface area contributed by atoms with Gasteiger partial charge in [-0.05, 0) is 39.2 Å². The van der Waals surface area contributed by atoms with Crippen molar-refractivity contribution in [1.82, 2.24) is 15.5 Å². The SMILES string of the molecule is CCCN1CCC(NC(=O)NC(C)(CO)CCC)CC1. The highest BCUT2D eigenvalue weighted by atomic mass is 16.3. The number of aliphatic hydroxyl groups is 1. The molecule has 3 N–H and O–H groups in total. The van der Waals surface area contributed by atoms with E-state index >= 15 is 0 Å². The molecule has 1 rings (SSSR count). The van der Waals surface area contributed by atoms with Gasteiger partial charge in [-0.1, -0.05) is 20.3 Å². The number of likely N-dealkylation sites (tertiary alicyclic amines) is 1. The van der Waals surface area contributed by atoms with E-state index in [2.05, 4.69) is 29.4 Å². The van der Waals surface area contributed by atoms with E-state index in [9.17, 15) is 9.90 Å². The lowest BCUT2D eigenvalue weighted by Gasteiger charge is -2.34. The molecule has 0 aromatic carbocycles. The van der Waals surface area contributed by atoms with Crippen molar-refractivity contribution in [2.75, 3.05) is 26.2 Å². The van der Waals surface area contributed by atoms with Crippen molar-refractivity contribution in [3.8, 4) is 0 Å². The van der Waals surface area contributed by atoms with Crippen molar-refractivity contribution in [3.63, 3.8) is 0 Å². The minimum absolute atomic E-state index is 0.0246. The molecule has 0 aromatic rings. The summed E-state index contributed by atoms with van der Waals surface area (Å²) in [6.07, 6.45) is 4.93. The first-order valence-electron chi connectivity index (χ1n) is 7.95. The summed E-state index contributed by atoms with van der Waals surface area (Å²) in [5.74, 6) is 0. The maximum absolute atomic E-state index is 12.0. The molecule has 1 aliphatic heterocycles. The summed E-state index contributed by atoms with van der Waals surface area (Å²) in [5, 5.41) is 15.4. The highest BCUT2D eigenvalue weighted by Crippen LogP contribution is 2.13. The van der Waals surface area contributed by atoms with Gasteiger partial charge in [0.1, 0.15) is 0 Å². The number of rotatable bonds is 7. The Morgan fingerprint density at radius 3 is 2.45 bits per heavy atom. The lowest BCUT2D eigenvalue weighted by atomic mass is 9.97. The number of nitrogens with one attached hydrogen (secondary N) is 2. The summed E-state index contributed by atoms with van der Waals surface area (Å²) in [7, 11) is 0. The Kier molecular flexibility index (Phi) is 7.30. The third kappa shape index (κ3) is 5.67. The molecule has 1 unspecified atom stereocenters. The van der Waals surface area contributed by atoms with Crippen LogP contribution in [-0.4, -0.2) is 53.9 Å². The molecule has 1 saturated heterocycles. The predicted molar refractivity (Wildman–Crippen MR) is 81.8 cm³/mol. The molecular formula is C15H31N3O2. The van der Waals surface area contributed by atoms with Gasteiger partial charge in [0, 0.05) is 19.1 Å². The first kappa shape index (κ1) is 17.2. The van der Waals surface area contributed by atoms with E-state index in [-0.39, 0.29) is 18.7 Å². The predicted octanol–water partition coefficient (Wildman–Crippen LogP) is 1.71. The largest absolute Gasteiger partial charge is 0.394 e. The summed E-state index contributed by atoms with van der Waals surface area (Å²) in [6, 6.07) is 0.108. The van der Waals surface area contributed by atoms with Crippen molar-refractivity contribution in [2.45, 2.75) is 64.5 Å². The van der Waals surface area contributed by atoms with Crippen LogP contribution >= 0.6 is 0 Å². The molecule has 1 aliphatic rings. The highest BCUT2D eigenvalue weighted by molar-refractivity contribution is 5.75. The number of carbonyl (C=O) groups excluding carboxylic acids is 1. The average Bonchev–Trinajstić information content (AvgIpc) is 2.41. The van der Waals surface area contributed by atoms with E-state index in [0.29, 0.717) is 0 Å². The summed E-state index contributed by atoms with van der Waals surface area (Å²) < 4.78 is 0. The minimum atomic E-state index is -0.512. The van der Waals surface area contributed by atoms with Crippen LogP contribution in [0.25, 0.3) is 0 Å². The van der Waals surface area contributed by atoms with Gasteiger partial charge >= 0.3 is 6.03 Å². The van der Waals surface area contributed by atoms with Gasteiger partial charge in [-0.3, -0.25) is 0 Å². The topological polar surface area (TPSA) is 64.6 Å². The fourth-order valence-electron chi connectivity index (χ4n) is 2.85. The van der Waals surface area contributed by atoms with Gasteiger partial charge in [-0.15, -0.1) is 0 Å². The third-order valence-corrected chi connectivity index (χ3v) is 4.03. The smallest absolute Gasteiger partial charge is 0.315 e. The van der Waals surface area contributed by atoms with Crippen LogP contribution < -0.4 is 10.6 Å². The van der Waals surface area contributed by atoms with E-state index in [1.165, 1.54) is 6.42 Å². The summed E-state index contributed by atoms with van der Waals surface area (Å²) in [4.78, 5) is 14.5. The van der Waals surface area contributed by atoms with Crippen LogP contribution in [0.15, 0.2) is 0 Å². The second kappa shape index (κ2) is 8.47. The van der Waals surface area contributed by atoms with E-state index in [0.717, 1.165) is 45.3 Å². The molecule has 0 spiro atoms. The van der Waals surface area contributed by atoms with Gasteiger partial charge in [0.2, 0.25) is 0 Å².